The van der Waals surface area contributed by atoms with E-state index >= 15 is 0 Å². The second-order valence-electron chi connectivity index (χ2n) is 4.64. The van der Waals surface area contributed by atoms with E-state index in [1.54, 1.807) is 18.6 Å². The van der Waals surface area contributed by atoms with Crippen LogP contribution < -0.4 is 0 Å². The fourth-order valence-corrected chi connectivity index (χ4v) is 2.13. The third-order valence-corrected chi connectivity index (χ3v) is 3.27. The number of aromatic nitrogens is 1. The van der Waals surface area contributed by atoms with Gasteiger partial charge in [0.05, 0.1) is 5.69 Å². The summed E-state index contributed by atoms with van der Waals surface area (Å²) in [4.78, 5) is 8.62. The van der Waals surface area contributed by atoms with E-state index in [0.717, 1.165) is 39.4 Å². The van der Waals surface area contributed by atoms with Crippen molar-refractivity contribution in [2.45, 2.75) is 6.92 Å². The van der Waals surface area contributed by atoms with Crippen LogP contribution in [0.5, 0.6) is 5.75 Å². The summed E-state index contributed by atoms with van der Waals surface area (Å²) in [7, 11) is 0. The molecule has 0 saturated heterocycles. The van der Waals surface area contributed by atoms with Crippen LogP contribution in [-0.2, 0) is 21.0 Å². The van der Waals surface area contributed by atoms with Gasteiger partial charge in [-0.3, -0.25) is 9.98 Å². The zero-order valence-corrected chi connectivity index (χ0v) is 14.6. The number of hydrogen-bond donors (Lipinski definition) is 1. The van der Waals surface area contributed by atoms with Crippen molar-refractivity contribution in [1.82, 2.24) is 4.98 Å². The summed E-state index contributed by atoms with van der Waals surface area (Å²) >= 11 is 1.06. The van der Waals surface area contributed by atoms with Gasteiger partial charge in [-0.05, 0) is 36.1 Å². The van der Waals surface area contributed by atoms with Crippen LogP contribution in [0.15, 0.2) is 59.9 Å². The molecule has 3 aromatic rings. The number of aliphatic imine (C=N–C) groups is 1. The van der Waals surface area contributed by atoms with Gasteiger partial charge in [0, 0.05) is 29.6 Å². The summed E-state index contributed by atoms with van der Waals surface area (Å²) in [6.45, 7) is 1.87. The Kier molecular flexibility index (Phi) is 7.62. The molecule has 0 aliphatic heterocycles. The fourth-order valence-electron chi connectivity index (χ4n) is 2.13. The van der Waals surface area contributed by atoms with Crippen molar-refractivity contribution < 1.29 is 26.1 Å². The Labute approximate surface area is 149 Å². The first-order valence-corrected chi connectivity index (χ1v) is 7.16. The predicted octanol–water partition coefficient (Wildman–Crippen LogP) is 4.30. The SMILES string of the molecule is Cc1cccc(C=Nc2cccc3ccncc23)c1O.Cl.[O]=[V]. The van der Waals surface area contributed by atoms with Crippen molar-refractivity contribution >= 4 is 35.1 Å². The number of halogens is 1. The topological polar surface area (TPSA) is 62.6 Å². The molecule has 0 bridgehead atoms. The molecule has 0 spiro atoms. The Morgan fingerprint density at radius 1 is 1.13 bits per heavy atom. The quantitative estimate of drug-likeness (QED) is 0.689. The number of nitrogens with zero attached hydrogens (tertiary/aromatic N) is 2. The number of phenolic OH excluding ortho intramolecular Hbond substituents is 1. The van der Waals surface area contributed by atoms with Gasteiger partial charge in [-0.15, -0.1) is 12.4 Å². The molecule has 0 unspecified atom stereocenters. The first-order chi connectivity index (χ1) is 10.8. The van der Waals surface area contributed by atoms with Crippen molar-refractivity contribution in [2.75, 3.05) is 0 Å². The summed E-state index contributed by atoms with van der Waals surface area (Å²) < 4.78 is 8.19. The van der Waals surface area contributed by atoms with Crippen LogP contribution in [0.3, 0.4) is 0 Å². The van der Waals surface area contributed by atoms with E-state index in [2.05, 4.69) is 9.98 Å². The number of phenols is 1. The Hall–Kier alpha value is -2.01. The van der Waals surface area contributed by atoms with E-state index in [1.807, 2.05) is 49.4 Å². The van der Waals surface area contributed by atoms with Gasteiger partial charge in [0.1, 0.15) is 5.75 Å². The molecule has 0 amide bonds. The molecule has 3 rings (SSSR count). The van der Waals surface area contributed by atoms with Gasteiger partial charge in [-0.2, -0.15) is 0 Å². The summed E-state index contributed by atoms with van der Waals surface area (Å²) in [5, 5.41) is 12.1. The molecule has 1 aromatic heterocycles. The van der Waals surface area contributed by atoms with Gasteiger partial charge >= 0.3 is 21.0 Å². The number of fused-ring (bicyclic) bond motifs is 1. The van der Waals surface area contributed by atoms with E-state index in [9.17, 15) is 5.11 Å². The van der Waals surface area contributed by atoms with E-state index in [1.165, 1.54) is 0 Å². The molecule has 0 aliphatic carbocycles. The van der Waals surface area contributed by atoms with E-state index < -0.39 is 0 Å². The number of para-hydroxylation sites is 1. The maximum atomic E-state index is 9.99. The van der Waals surface area contributed by atoms with E-state index in [-0.39, 0.29) is 18.2 Å². The van der Waals surface area contributed by atoms with Gasteiger partial charge in [0.15, 0.2) is 0 Å². The molecular weight excluding hydrogens is 351 g/mol. The standard InChI is InChI=1S/C17H14N2O.ClH.O.V/c1-12-4-2-6-14(17(12)20)10-19-16-7-3-5-13-8-9-18-11-15(13)16;;;/h2-11,20H,1H3;1H;;. The molecular formula is C17H15ClN2O2V. The molecule has 4 nitrogen and oxygen atoms in total. The van der Waals surface area contributed by atoms with Gasteiger partial charge < -0.3 is 5.11 Å². The van der Waals surface area contributed by atoms with Gasteiger partial charge in [-0.25, -0.2) is 0 Å². The molecule has 1 heterocycles. The fraction of sp³-hybridized carbons (Fsp3) is 0.0588. The van der Waals surface area contributed by atoms with Crippen LogP contribution in [0, 0.1) is 6.92 Å². The first kappa shape index (κ1) is 19.0. The molecule has 0 atom stereocenters. The molecule has 2 aromatic carbocycles. The minimum atomic E-state index is 0. The molecule has 1 N–H and O–H groups in total. The molecule has 23 heavy (non-hydrogen) atoms. The average molecular weight is 366 g/mol. The Balaban J connectivity index is 0.000000849. The molecule has 0 radical (unpaired) electrons. The number of hydrogen-bond acceptors (Lipinski definition) is 4. The van der Waals surface area contributed by atoms with Crippen LogP contribution in [0.1, 0.15) is 11.1 Å². The third kappa shape index (κ3) is 4.48. The van der Waals surface area contributed by atoms with Crippen LogP contribution in [0.4, 0.5) is 5.69 Å². The molecule has 117 valence electrons. The molecule has 6 heteroatoms. The van der Waals surface area contributed by atoms with Crippen molar-refractivity contribution in [3.63, 3.8) is 0 Å². The van der Waals surface area contributed by atoms with Crippen molar-refractivity contribution in [3.8, 4) is 5.75 Å². The van der Waals surface area contributed by atoms with E-state index in [4.69, 9.17) is 3.67 Å². The van der Waals surface area contributed by atoms with Crippen molar-refractivity contribution in [1.29, 1.82) is 0 Å². The summed E-state index contributed by atoms with van der Waals surface area (Å²) in [5.74, 6) is 0.273. The molecule has 0 fully saturated rings. The second-order valence-corrected chi connectivity index (χ2v) is 4.64. The normalized spacial score (nSPS) is 9.91. The van der Waals surface area contributed by atoms with Crippen LogP contribution in [0.2, 0.25) is 0 Å². The van der Waals surface area contributed by atoms with Gasteiger partial charge in [-0.1, -0.05) is 24.3 Å². The summed E-state index contributed by atoms with van der Waals surface area (Å²) in [6, 6.07) is 13.5. The van der Waals surface area contributed by atoms with Crippen LogP contribution >= 0.6 is 12.4 Å². The molecule has 0 saturated carbocycles. The third-order valence-electron chi connectivity index (χ3n) is 3.27. The number of rotatable bonds is 2. The molecule has 0 aliphatic rings. The van der Waals surface area contributed by atoms with E-state index in [0.29, 0.717) is 5.56 Å². The number of benzene rings is 2. The zero-order valence-electron chi connectivity index (χ0n) is 12.4. The van der Waals surface area contributed by atoms with Crippen LogP contribution in [-0.4, -0.2) is 16.3 Å². The minimum absolute atomic E-state index is 0. The first-order valence-electron chi connectivity index (χ1n) is 6.59. The Bertz CT molecular complexity index is 819. The average Bonchev–Trinajstić information content (AvgIpc) is 2.58. The van der Waals surface area contributed by atoms with Crippen molar-refractivity contribution in [2.24, 2.45) is 4.99 Å². The number of pyridine rings is 1. The predicted molar refractivity (Wildman–Crippen MR) is 89.8 cm³/mol. The Morgan fingerprint density at radius 3 is 2.65 bits per heavy atom. The Morgan fingerprint density at radius 2 is 1.87 bits per heavy atom. The van der Waals surface area contributed by atoms with Crippen molar-refractivity contribution in [3.05, 3.63) is 66.0 Å². The van der Waals surface area contributed by atoms with Gasteiger partial charge in [0.2, 0.25) is 0 Å². The number of aryl methyl sites for hydroxylation is 1. The zero-order chi connectivity index (χ0) is 15.9. The number of aromatic hydroxyl groups is 1. The summed E-state index contributed by atoms with van der Waals surface area (Å²) in [5.41, 5.74) is 2.40. The monoisotopic (exact) mass is 365 g/mol. The maximum absolute atomic E-state index is 9.99. The van der Waals surface area contributed by atoms with Crippen LogP contribution in [0.25, 0.3) is 10.8 Å². The second kappa shape index (κ2) is 9.20. The summed E-state index contributed by atoms with van der Waals surface area (Å²) in [6.07, 6.45) is 5.25. The van der Waals surface area contributed by atoms with Gasteiger partial charge in [0.25, 0.3) is 0 Å².